The van der Waals surface area contributed by atoms with Crippen LogP contribution in [-0.2, 0) is 6.54 Å². The molecule has 7 heteroatoms. The third kappa shape index (κ3) is 4.56. The summed E-state index contributed by atoms with van der Waals surface area (Å²) in [6, 6.07) is 22.1. The number of methoxy groups -OCH3 is 1. The van der Waals surface area contributed by atoms with Crippen LogP contribution in [0.3, 0.4) is 0 Å². The summed E-state index contributed by atoms with van der Waals surface area (Å²) in [5.41, 5.74) is 5.78. The van der Waals surface area contributed by atoms with Crippen LogP contribution >= 0.6 is 0 Å². The normalized spacial score (nSPS) is 13.0. The highest BCUT2D eigenvalue weighted by atomic mass is 19.1. The average molecular weight is 493 g/mol. The number of hydrogen-bond acceptors (Lipinski definition) is 4. The van der Waals surface area contributed by atoms with Crippen molar-refractivity contribution < 1.29 is 13.9 Å². The number of nitrogens with zero attached hydrogens (tertiary/aromatic N) is 2. The molecular weight excluding hydrogens is 467 g/mol. The number of rotatable bonds is 7. The molecule has 6 rings (SSSR count). The summed E-state index contributed by atoms with van der Waals surface area (Å²) in [6.45, 7) is 0.100. The molecule has 3 aromatic carbocycles. The predicted octanol–water partition coefficient (Wildman–Crippen LogP) is 6.25. The van der Waals surface area contributed by atoms with Crippen LogP contribution in [0, 0.1) is 5.82 Å². The highest BCUT2D eigenvalue weighted by Crippen LogP contribution is 2.40. The van der Waals surface area contributed by atoms with Crippen LogP contribution in [-0.4, -0.2) is 28.0 Å². The molecule has 0 unspecified atom stereocenters. The molecular formula is C30H25FN4O2. The topological polar surface area (TPSA) is 79.9 Å². The van der Waals surface area contributed by atoms with Gasteiger partial charge in [0.2, 0.25) is 0 Å². The van der Waals surface area contributed by atoms with E-state index >= 15 is 4.39 Å². The molecule has 2 aromatic heterocycles. The van der Waals surface area contributed by atoms with Crippen molar-refractivity contribution in [1.29, 1.82) is 0 Å². The minimum Gasteiger partial charge on any atom is -0.496 e. The van der Waals surface area contributed by atoms with Gasteiger partial charge in [-0.15, -0.1) is 0 Å². The maximum absolute atomic E-state index is 15.1. The van der Waals surface area contributed by atoms with Gasteiger partial charge in [-0.25, -0.2) is 14.4 Å². The minimum absolute atomic E-state index is 0.100. The molecule has 184 valence electrons. The summed E-state index contributed by atoms with van der Waals surface area (Å²) in [7, 11) is 1.61. The second-order valence-electron chi connectivity index (χ2n) is 9.23. The fourth-order valence-corrected chi connectivity index (χ4v) is 4.58. The Morgan fingerprint density at radius 1 is 1.05 bits per heavy atom. The Morgan fingerprint density at radius 2 is 1.86 bits per heavy atom. The molecule has 0 saturated heterocycles. The van der Waals surface area contributed by atoms with Crippen LogP contribution in [0.25, 0.3) is 33.7 Å². The van der Waals surface area contributed by atoms with E-state index in [1.807, 2.05) is 60.7 Å². The second kappa shape index (κ2) is 9.50. The smallest absolute Gasteiger partial charge is 0.251 e. The van der Waals surface area contributed by atoms with Crippen LogP contribution in [0.4, 0.5) is 4.39 Å². The Bertz CT molecular complexity index is 1610. The number of fused-ring (bicyclic) bond motifs is 1. The van der Waals surface area contributed by atoms with E-state index in [-0.39, 0.29) is 12.5 Å². The Kier molecular flexibility index (Phi) is 5.88. The van der Waals surface area contributed by atoms with Gasteiger partial charge in [0, 0.05) is 29.4 Å². The number of carbonyl (C=O) groups is 1. The number of halogens is 1. The van der Waals surface area contributed by atoms with Crippen LogP contribution in [0.15, 0.2) is 79.0 Å². The number of aromatic amines is 1. The number of carbonyl (C=O) groups excluding carboxylic acids is 1. The molecule has 6 nitrogen and oxygen atoms in total. The molecule has 1 aliphatic carbocycles. The third-order valence-electron chi connectivity index (χ3n) is 6.78. The van der Waals surface area contributed by atoms with Gasteiger partial charge in [0.15, 0.2) is 5.65 Å². The Labute approximate surface area is 213 Å². The summed E-state index contributed by atoms with van der Waals surface area (Å²) in [5, 5.41) is 2.82. The molecule has 0 bridgehead atoms. The standard InChI is InChI=1S/C30H25FN4O2/c1-37-26-5-3-2-4-24(26)28-34-27-23(14-15-32-29(27)35-28)21-12-13-22(25(31)16-21)17-33-30(36)20-10-8-19(9-11-20)18-6-7-18/h2-5,8-16,18H,6-7,17H2,1H3,(H,33,36)(H,32,34,35). The zero-order chi connectivity index (χ0) is 25.4. The first-order chi connectivity index (χ1) is 18.1. The number of ether oxygens (including phenoxy) is 1. The Morgan fingerprint density at radius 3 is 2.62 bits per heavy atom. The van der Waals surface area contributed by atoms with Crippen LogP contribution in [0.2, 0.25) is 0 Å². The van der Waals surface area contributed by atoms with Crippen molar-refractivity contribution >= 4 is 17.1 Å². The lowest BCUT2D eigenvalue weighted by Crippen LogP contribution is -2.23. The quantitative estimate of drug-likeness (QED) is 0.282. The van der Waals surface area contributed by atoms with Crippen molar-refractivity contribution in [2.45, 2.75) is 25.3 Å². The number of aromatic nitrogens is 3. The van der Waals surface area contributed by atoms with E-state index in [4.69, 9.17) is 4.74 Å². The monoisotopic (exact) mass is 492 g/mol. The number of pyridine rings is 1. The van der Waals surface area contributed by atoms with E-state index in [2.05, 4.69) is 20.3 Å². The lowest BCUT2D eigenvalue weighted by Gasteiger charge is -2.09. The summed E-state index contributed by atoms with van der Waals surface area (Å²) in [6.07, 6.45) is 4.09. The summed E-state index contributed by atoms with van der Waals surface area (Å²) in [4.78, 5) is 24.9. The first-order valence-electron chi connectivity index (χ1n) is 12.3. The fourth-order valence-electron chi connectivity index (χ4n) is 4.58. The lowest BCUT2D eigenvalue weighted by atomic mass is 10.0. The van der Waals surface area contributed by atoms with Crippen LogP contribution in [0.5, 0.6) is 5.75 Å². The molecule has 37 heavy (non-hydrogen) atoms. The molecule has 0 aliphatic heterocycles. The van der Waals surface area contributed by atoms with Crippen LogP contribution in [0.1, 0.15) is 40.2 Å². The van der Waals surface area contributed by atoms with E-state index in [1.165, 1.54) is 24.5 Å². The van der Waals surface area contributed by atoms with Crippen LogP contribution < -0.4 is 10.1 Å². The number of nitrogens with one attached hydrogen (secondary N) is 2. The maximum atomic E-state index is 15.1. The molecule has 0 radical (unpaired) electrons. The fraction of sp³-hybridized carbons (Fsp3) is 0.167. The molecule has 1 amide bonds. The molecule has 1 aliphatic rings. The number of hydrogen-bond donors (Lipinski definition) is 2. The predicted molar refractivity (Wildman–Crippen MR) is 141 cm³/mol. The van der Waals surface area contributed by atoms with E-state index < -0.39 is 5.82 Å². The molecule has 1 fully saturated rings. The van der Waals surface area contributed by atoms with Gasteiger partial charge < -0.3 is 15.0 Å². The van der Waals surface area contributed by atoms with E-state index in [0.29, 0.717) is 45.3 Å². The average Bonchev–Trinajstić information content (AvgIpc) is 3.70. The number of amides is 1. The maximum Gasteiger partial charge on any atom is 0.251 e. The van der Waals surface area contributed by atoms with E-state index in [0.717, 1.165) is 11.1 Å². The summed E-state index contributed by atoms with van der Waals surface area (Å²) < 4.78 is 20.6. The molecule has 5 aromatic rings. The highest BCUT2D eigenvalue weighted by molar-refractivity contribution is 5.94. The molecule has 2 heterocycles. The second-order valence-corrected chi connectivity index (χ2v) is 9.23. The van der Waals surface area contributed by atoms with Crippen molar-refractivity contribution in [2.75, 3.05) is 7.11 Å². The van der Waals surface area contributed by atoms with Crippen molar-refractivity contribution in [3.63, 3.8) is 0 Å². The zero-order valence-electron chi connectivity index (χ0n) is 20.3. The van der Waals surface area contributed by atoms with Gasteiger partial charge in [-0.05, 0) is 66.3 Å². The van der Waals surface area contributed by atoms with Gasteiger partial charge in [0.1, 0.15) is 17.4 Å². The van der Waals surface area contributed by atoms with Gasteiger partial charge in [0.05, 0.1) is 18.2 Å². The van der Waals surface area contributed by atoms with E-state index in [1.54, 1.807) is 19.4 Å². The zero-order valence-corrected chi connectivity index (χ0v) is 20.3. The third-order valence-corrected chi connectivity index (χ3v) is 6.78. The first kappa shape index (κ1) is 22.9. The van der Waals surface area contributed by atoms with Gasteiger partial charge in [-0.3, -0.25) is 4.79 Å². The highest BCUT2D eigenvalue weighted by Gasteiger charge is 2.23. The largest absolute Gasteiger partial charge is 0.496 e. The molecule has 0 atom stereocenters. The SMILES string of the molecule is COc1ccccc1-c1nc2nccc(-c3ccc(CNC(=O)c4ccc(C5CC5)cc4)c(F)c3)c2[nH]1. The number of para-hydroxylation sites is 1. The summed E-state index contributed by atoms with van der Waals surface area (Å²) >= 11 is 0. The minimum atomic E-state index is -0.392. The van der Waals surface area contributed by atoms with Gasteiger partial charge >= 0.3 is 0 Å². The summed E-state index contributed by atoms with van der Waals surface area (Å²) in [5.74, 6) is 1.34. The van der Waals surface area contributed by atoms with Crippen molar-refractivity contribution in [3.8, 4) is 28.3 Å². The number of H-pyrrole nitrogens is 1. The van der Waals surface area contributed by atoms with Crippen molar-refractivity contribution in [3.05, 3.63) is 102 Å². The number of imidazole rings is 1. The van der Waals surface area contributed by atoms with Gasteiger partial charge in [-0.1, -0.05) is 36.4 Å². The van der Waals surface area contributed by atoms with Gasteiger partial charge in [-0.2, -0.15) is 0 Å². The lowest BCUT2D eigenvalue weighted by molar-refractivity contribution is 0.0950. The first-order valence-corrected chi connectivity index (χ1v) is 12.3. The molecule has 0 spiro atoms. The Balaban J connectivity index is 1.22. The van der Waals surface area contributed by atoms with E-state index in [9.17, 15) is 4.79 Å². The molecule has 2 N–H and O–H groups in total. The van der Waals surface area contributed by atoms with Gasteiger partial charge in [0.25, 0.3) is 5.91 Å². The molecule has 1 saturated carbocycles. The number of benzene rings is 3. The Hall–Kier alpha value is -4.52. The van der Waals surface area contributed by atoms with Crippen molar-refractivity contribution in [1.82, 2.24) is 20.3 Å². The van der Waals surface area contributed by atoms with Crippen molar-refractivity contribution in [2.24, 2.45) is 0 Å².